The van der Waals surface area contributed by atoms with E-state index >= 15 is 0 Å². The maximum Gasteiger partial charge on any atom is 0.261 e. The van der Waals surface area contributed by atoms with Crippen LogP contribution in [0, 0.1) is 0 Å². The highest BCUT2D eigenvalue weighted by Crippen LogP contribution is 2.47. The average molecular weight is 1030 g/mol. The summed E-state index contributed by atoms with van der Waals surface area (Å²) >= 11 is 7.42. The molecule has 5 aromatic heterocycles. The van der Waals surface area contributed by atoms with Crippen molar-refractivity contribution in [3.05, 3.63) is 117 Å². The van der Waals surface area contributed by atoms with Crippen LogP contribution in [0.2, 0.25) is 0 Å². The van der Waals surface area contributed by atoms with Gasteiger partial charge in [-0.2, -0.15) is 0 Å². The minimum Gasteiger partial charge on any atom is -0.378 e. The smallest absolute Gasteiger partial charge is 0.261 e. The first kappa shape index (κ1) is 50.8. The number of ether oxygens (including phenoxy) is 1. The van der Waals surface area contributed by atoms with Gasteiger partial charge in [0.25, 0.3) is 23.6 Å². The lowest BCUT2D eigenvalue weighted by Crippen LogP contribution is -2.48. The zero-order chi connectivity index (χ0) is 49.3. The monoisotopic (exact) mass is 1030 g/mol. The number of rotatable bonds is 28. The Bertz CT molecular complexity index is 2860. The molecule has 0 fully saturated rings. The third-order valence-electron chi connectivity index (χ3n) is 14.0. The molecule has 2 aromatic carbocycles. The number of unbranched alkanes of at least 4 members (excludes halogenated alkanes) is 9. The van der Waals surface area contributed by atoms with Crippen LogP contribution in [0.4, 0.5) is 0 Å². The van der Waals surface area contributed by atoms with E-state index in [-0.39, 0.29) is 31.0 Å². The van der Waals surface area contributed by atoms with Crippen LogP contribution in [-0.2, 0) is 30.5 Å². The molecule has 0 atom stereocenters. The fourth-order valence-electron chi connectivity index (χ4n) is 10.2. The van der Waals surface area contributed by atoms with Gasteiger partial charge < -0.3 is 4.74 Å². The van der Waals surface area contributed by atoms with E-state index < -0.39 is 11.8 Å². The second-order valence-corrected chi connectivity index (χ2v) is 22.9. The zero-order valence-electron chi connectivity index (χ0n) is 41.3. The van der Waals surface area contributed by atoms with E-state index in [1.54, 1.807) is 40.3 Å². The van der Waals surface area contributed by atoms with Crippen LogP contribution in [0.15, 0.2) is 77.6 Å². The molecule has 0 unspecified atom stereocenters. The SMILES string of the molecule is CCCCCCc1cc(-c2sc(-c3cccs3)cc2CCc2cn(CCOCCN3C(=O)c4ccc5c6c(ccc(c46)C3=O)C(=O)N(C(CCCCCC)CCCCCC)C5=O)nn2)sc1-c1cccs1. The highest BCUT2D eigenvalue weighted by molar-refractivity contribution is 7.28. The molecule has 7 aromatic rings. The molecule has 0 radical (unpaired) electrons. The summed E-state index contributed by atoms with van der Waals surface area (Å²) in [5.74, 6) is -1.58. The summed E-state index contributed by atoms with van der Waals surface area (Å²) in [7, 11) is 0. The zero-order valence-corrected chi connectivity index (χ0v) is 44.6. The Morgan fingerprint density at radius 2 is 1.08 bits per heavy atom. The quantitative estimate of drug-likeness (QED) is 0.0354. The number of imide groups is 2. The van der Waals surface area contributed by atoms with Crippen molar-refractivity contribution in [1.29, 1.82) is 0 Å². The summed E-state index contributed by atoms with van der Waals surface area (Å²) in [5, 5.41) is 14.1. The molecular formula is C57H65N5O5S4. The normalized spacial score (nSPS) is 13.6. The summed E-state index contributed by atoms with van der Waals surface area (Å²) < 4.78 is 7.79. The number of aromatic nitrogens is 3. The molecule has 372 valence electrons. The molecule has 0 N–H and O–H groups in total. The van der Waals surface area contributed by atoms with Gasteiger partial charge in [0, 0.05) is 74.5 Å². The van der Waals surface area contributed by atoms with Gasteiger partial charge in [-0.05, 0) is 109 Å². The van der Waals surface area contributed by atoms with Gasteiger partial charge in [-0.3, -0.25) is 29.0 Å². The molecule has 0 saturated carbocycles. The fourth-order valence-corrected chi connectivity index (χ4v) is 14.5. The summed E-state index contributed by atoms with van der Waals surface area (Å²) in [6.07, 6.45) is 19.7. The van der Waals surface area contributed by atoms with E-state index in [1.807, 2.05) is 40.2 Å². The first-order valence-corrected chi connectivity index (χ1v) is 29.3. The predicted molar refractivity (Wildman–Crippen MR) is 291 cm³/mol. The van der Waals surface area contributed by atoms with Gasteiger partial charge in [0.05, 0.1) is 32.0 Å². The molecule has 10 nitrogen and oxygen atoms in total. The predicted octanol–water partition coefficient (Wildman–Crippen LogP) is 14.8. The Morgan fingerprint density at radius 3 is 1.69 bits per heavy atom. The number of carbonyl (C=O) groups excluding carboxylic acids is 4. The van der Waals surface area contributed by atoms with Crippen molar-refractivity contribution in [2.24, 2.45) is 0 Å². The van der Waals surface area contributed by atoms with Crippen LogP contribution in [-0.4, -0.2) is 74.2 Å². The number of hydrogen-bond acceptors (Lipinski definition) is 11. The highest BCUT2D eigenvalue weighted by Gasteiger charge is 2.41. The van der Waals surface area contributed by atoms with E-state index in [9.17, 15) is 19.2 Å². The highest BCUT2D eigenvalue weighted by atomic mass is 32.1. The first-order chi connectivity index (χ1) is 34.8. The topological polar surface area (TPSA) is 115 Å². The summed E-state index contributed by atoms with van der Waals surface area (Å²) in [5.41, 5.74) is 5.09. The van der Waals surface area contributed by atoms with Crippen molar-refractivity contribution in [3.8, 4) is 29.3 Å². The second kappa shape index (κ2) is 24.1. The van der Waals surface area contributed by atoms with Crippen LogP contribution < -0.4 is 0 Å². The van der Waals surface area contributed by atoms with Gasteiger partial charge in [0.1, 0.15) is 0 Å². The van der Waals surface area contributed by atoms with Crippen molar-refractivity contribution in [2.45, 2.75) is 143 Å². The number of nitrogens with zero attached hydrogens (tertiary/aromatic N) is 5. The number of aryl methyl sites for hydroxylation is 3. The van der Waals surface area contributed by atoms with Crippen molar-refractivity contribution in [3.63, 3.8) is 0 Å². The van der Waals surface area contributed by atoms with Crippen LogP contribution in [0.3, 0.4) is 0 Å². The molecule has 2 aliphatic heterocycles. The molecule has 0 saturated heterocycles. The molecule has 0 bridgehead atoms. The van der Waals surface area contributed by atoms with Crippen molar-refractivity contribution in [2.75, 3.05) is 19.8 Å². The maximum atomic E-state index is 14.3. The van der Waals surface area contributed by atoms with E-state index in [0.29, 0.717) is 46.2 Å². The van der Waals surface area contributed by atoms with Gasteiger partial charge in [-0.15, -0.1) is 50.4 Å². The summed E-state index contributed by atoms with van der Waals surface area (Å²) in [6.45, 7) is 7.60. The van der Waals surface area contributed by atoms with Crippen LogP contribution >= 0.6 is 45.3 Å². The Morgan fingerprint density at radius 1 is 0.549 bits per heavy atom. The van der Waals surface area contributed by atoms with Crippen LogP contribution in [0.5, 0.6) is 0 Å². The molecule has 2 aliphatic rings. The van der Waals surface area contributed by atoms with Crippen molar-refractivity contribution >= 4 is 79.7 Å². The standard InChI is InChI=1S/C57H65N5O5S4/c1-4-7-10-13-18-38-36-49(71-52(38)47-22-17-34-69-47)53-39(35-48(70-53)46-21-16-33-68-46)23-24-40-37-60(59-58-40)29-31-67-32-30-61-54(63)42-25-27-44-51-45(28-26-43(50(42)51)55(61)64)57(66)62(56(44)65)41(19-14-11-8-5-2)20-15-12-9-6-3/h16-17,21-22,25-28,33-37,41H,4-15,18-20,23-24,29-32H2,1-3H3. The lowest BCUT2D eigenvalue weighted by atomic mass is 9.85. The van der Waals surface area contributed by atoms with Gasteiger partial charge in [0.2, 0.25) is 0 Å². The largest absolute Gasteiger partial charge is 0.378 e. The van der Waals surface area contributed by atoms with Crippen molar-refractivity contribution in [1.82, 2.24) is 24.8 Å². The molecule has 14 heteroatoms. The number of carbonyl (C=O) groups is 4. The Balaban J connectivity index is 0.816. The van der Waals surface area contributed by atoms with E-state index in [1.165, 1.54) is 75.9 Å². The first-order valence-electron chi connectivity index (χ1n) is 25.9. The molecule has 0 aliphatic carbocycles. The molecule has 7 heterocycles. The number of benzene rings is 2. The van der Waals surface area contributed by atoms with Gasteiger partial charge in [-0.1, -0.05) is 109 Å². The average Bonchev–Trinajstić information content (AvgIpc) is 4.25. The Hall–Kier alpha value is -5.12. The minimum atomic E-state index is -0.455. The van der Waals surface area contributed by atoms with Crippen LogP contribution in [0.25, 0.3) is 40.0 Å². The maximum absolute atomic E-state index is 14.3. The number of amides is 4. The van der Waals surface area contributed by atoms with Gasteiger partial charge in [-0.25, -0.2) is 4.68 Å². The van der Waals surface area contributed by atoms with Crippen molar-refractivity contribution < 1.29 is 23.9 Å². The van der Waals surface area contributed by atoms with Gasteiger partial charge in [0.15, 0.2) is 0 Å². The Labute approximate surface area is 434 Å². The molecular weight excluding hydrogens is 963 g/mol. The van der Waals surface area contributed by atoms with Crippen LogP contribution in [0.1, 0.15) is 169 Å². The summed E-state index contributed by atoms with van der Waals surface area (Å²) in [4.78, 5) is 67.2. The second-order valence-electron chi connectivity index (χ2n) is 18.9. The summed E-state index contributed by atoms with van der Waals surface area (Å²) in [6, 6.07) is 20.0. The van der Waals surface area contributed by atoms with Gasteiger partial charge >= 0.3 is 0 Å². The number of hydrogen-bond donors (Lipinski definition) is 0. The van der Waals surface area contributed by atoms with E-state index in [0.717, 1.165) is 89.2 Å². The lowest BCUT2D eigenvalue weighted by molar-refractivity contribution is 0.0495. The third-order valence-corrected chi connectivity index (χ3v) is 18.6. The lowest BCUT2D eigenvalue weighted by Gasteiger charge is -2.36. The van der Waals surface area contributed by atoms with E-state index in [2.05, 4.69) is 78.2 Å². The molecule has 4 amide bonds. The third kappa shape index (κ3) is 11.3. The van der Waals surface area contributed by atoms with E-state index in [4.69, 9.17) is 4.74 Å². The fraction of sp³-hybridized carbons (Fsp3) is 0.439. The minimum absolute atomic E-state index is 0.0595. The number of thiophene rings is 4. The Kier molecular flexibility index (Phi) is 17.2. The molecule has 71 heavy (non-hydrogen) atoms. The molecule has 9 rings (SSSR count). The molecule has 0 spiro atoms.